The first kappa shape index (κ1) is 20.9. The number of aromatic nitrogens is 2. The lowest BCUT2D eigenvalue weighted by molar-refractivity contribution is 0.0952. The Morgan fingerprint density at radius 1 is 1.10 bits per heavy atom. The van der Waals surface area contributed by atoms with Gasteiger partial charge in [0, 0.05) is 9.26 Å². The number of phenolic OH excluding ortho intramolecular Hbond substituents is 1. The Labute approximate surface area is 191 Å². The Morgan fingerprint density at radius 2 is 1.74 bits per heavy atom. The van der Waals surface area contributed by atoms with Gasteiger partial charge in [0.1, 0.15) is 5.75 Å². The number of aromatic amines is 1. The number of nitrogens with zero attached hydrogens (tertiary/aromatic N) is 2. The van der Waals surface area contributed by atoms with Crippen molar-refractivity contribution >= 4 is 45.0 Å². The van der Waals surface area contributed by atoms with E-state index in [-0.39, 0.29) is 16.9 Å². The number of aromatic hydroxyl groups is 1. The summed E-state index contributed by atoms with van der Waals surface area (Å²) >= 11 is 2.20. The maximum Gasteiger partial charge on any atom is 0.280 e. The highest BCUT2D eigenvalue weighted by Gasteiger charge is 2.17. The van der Waals surface area contributed by atoms with E-state index in [0.29, 0.717) is 22.7 Å². The first-order valence-corrected chi connectivity index (χ1v) is 10.6. The lowest BCUT2D eigenvalue weighted by Crippen LogP contribution is -2.23. The van der Waals surface area contributed by atoms with Crippen molar-refractivity contribution in [3.8, 4) is 11.4 Å². The van der Waals surface area contributed by atoms with Crippen molar-refractivity contribution in [2.24, 2.45) is 5.10 Å². The summed E-state index contributed by atoms with van der Waals surface area (Å²) < 4.78 is 2.51. The smallest absolute Gasteiger partial charge is 0.280 e. The normalized spacial score (nSPS) is 11.6. The van der Waals surface area contributed by atoms with E-state index in [0.717, 1.165) is 14.3 Å². The molecule has 4 aromatic rings. The molecule has 0 saturated carbocycles. The number of aryl methyl sites for hydroxylation is 1. The first-order chi connectivity index (χ1) is 14.8. The van der Waals surface area contributed by atoms with E-state index >= 15 is 0 Å². The van der Waals surface area contributed by atoms with Gasteiger partial charge in [-0.05, 0) is 83.6 Å². The number of hydrogen-bond acceptors (Lipinski definition) is 4. The van der Waals surface area contributed by atoms with Crippen molar-refractivity contribution < 1.29 is 9.90 Å². The number of carbonyl (C=O) groups is 1. The highest BCUT2D eigenvalue weighted by Crippen LogP contribution is 2.24. The van der Waals surface area contributed by atoms with Crippen LogP contribution < -0.4 is 11.0 Å². The summed E-state index contributed by atoms with van der Waals surface area (Å²) in [6.45, 7) is 3.42. The molecule has 1 heterocycles. The lowest BCUT2D eigenvalue weighted by Gasteiger charge is -2.06. The third-order valence-corrected chi connectivity index (χ3v) is 5.67. The molecule has 1 aromatic heterocycles. The Hall–Kier alpha value is -3.40. The summed E-state index contributed by atoms with van der Waals surface area (Å²) in [5.74, 6) is -0.698. The molecule has 0 saturated heterocycles. The van der Waals surface area contributed by atoms with Gasteiger partial charge in [-0.25, -0.2) is 10.1 Å². The minimum Gasteiger partial charge on any atom is -0.507 e. The number of hydrazone groups is 1. The molecule has 1 amide bonds. The molecule has 0 unspecified atom stereocenters. The summed E-state index contributed by atoms with van der Waals surface area (Å²) in [4.78, 5) is 25.5. The van der Waals surface area contributed by atoms with Crippen LogP contribution in [-0.4, -0.2) is 26.5 Å². The molecular formula is C23H19IN4O3. The molecule has 0 fully saturated rings. The highest BCUT2D eigenvalue weighted by molar-refractivity contribution is 14.1. The van der Waals surface area contributed by atoms with Crippen LogP contribution in [0.3, 0.4) is 0 Å². The van der Waals surface area contributed by atoms with E-state index in [1.54, 1.807) is 19.9 Å². The predicted octanol–water partition coefficient (Wildman–Crippen LogP) is 4.09. The molecule has 0 aliphatic heterocycles. The average Bonchev–Trinajstić information content (AvgIpc) is 3.05. The largest absolute Gasteiger partial charge is 0.507 e. The van der Waals surface area contributed by atoms with Gasteiger partial charge in [0.05, 0.1) is 22.5 Å². The number of fused-ring (bicyclic) bond motifs is 1. The predicted molar refractivity (Wildman–Crippen MR) is 129 cm³/mol. The van der Waals surface area contributed by atoms with E-state index in [1.165, 1.54) is 10.7 Å². The quantitative estimate of drug-likeness (QED) is 0.212. The highest BCUT2D eigenvalue weighted by atomic mass is 127. The van der Waals surface area contributed by atoms with Gasteiger partial charge in [-0.15, -0.1) is 0 Å². The average molecular weight is 526 g/mol. The molecule has 31 heavy (non-hydrogen) atoms. The summed E-state index contributed by atoms with van der Waals surface area (Å²) in [5, 5.41) is 19.0. The van der Waals surface area contributed by atoms with Gasteiger partial charge >= 0.3 is 0 Å². The first-order valence-electron chi connectivity index (χ1n) is 9.49. The van der Waals surface area contributed by atoms with Crippen molar-refractivity contribution in [2.45, 2.75) is 13.8 Å². The van der Waals surface area contributed by atoms with Crippen LogP contribution in [-0.2, 0) is 0 Å². The summed E-state index contributed by atoms with van der Waals surface area (Å²) in [6, 6.07) is 18.1. The Morgan fingerprint density at radius 3 is 2.42 bits per heavy atom. The lowest BCUT2D eigenvalue weighted by atomic mass is 10.1. The van der Waals surface area contributed by atoms with Gasteiger partial charge in [-0.3, -0.25) is 14.7 Å². The third-order valence-electron chi connectivity index (χ3n) is 4.95. The number of amides is 1. The molecule has 0 bridgehead atoms. The van der Waals surface area contributed by atoms with Crippen molar-refractivity contribution in [3.63, 3.8) is 0 Å². The van der Waals surface area contributed by atoms with Gasteiger partial charge in [-0.2, -0.15) is 5.10 Å². The number of phenols is 1. The maximum absolute atomic E-state index is 12.9. The van der Waals surface area contributed by atoms with Gasteiger partial charge in [0.25, 0.3) is 11.5 Å². The fourth-order valence-corrected chi connectivity index (χ4v) is 3.77. The standard InChI is InChI=1S/C23H19IN4O3/c1-13(21-14(2)27-28(23(21)31)18-9-7-17(24)8-10-18)25-26-22(30)19-11-15-5-3-4-6-16(15)12-20(19)29/h3-12,27,29H,1-2H3,(H,26,30). The summed E-state index contributed by atoms with van der Waals surface area (Å²) in [5.41, 5.74) is 4.36. The monoisotopic (exact) mass is 526 g/mol. The zero-order valence-electron chi connectivity index (χ0n) is 16.8. The van der Waals surface area contributed by atoms with E-state index in [2.05, 4.69) is 38.2 Å². The van der Waals surface area contributed by atoms with Crippen LogP contribution in [0.15, 0.2) is 70.6 Å². The van der Waals surface area contributed by atoms with Crippen molar-refractivity contribution in [2.75, 3.05) is 0 Å². The minimum absolute atomic E-state index is 0.109. The van der Waals surface area contributed by atoms with Crippen LogP contribution in [0.4, 0.5) is 0 Å². The van der Waals surface area contributed by atoms with Crippen LogP contribution in [0, 0.1) is 10.5 Å². The van der Waals surface area contributed by atoms with Crippen molar-refractivity contribution in [1.29, 1.82) is 0 Å². The van der Waals surface area contributed by atoms with Crippen LogP contribution in [0.2, 0.25) is 0 Å². The fraction of sp³-hybridized carbons (Fsp3) is 0.0870. The Bertz CT molecular complexity index is 1380. The molecule has 8 heteroatoms. The van der Waals surface area contributed by atoms with E-state index in [1.807, 2.05) is 48.5 Å². The van der Waals surface area contributed by atoms with Gasteiger partial charge in [-0.1, -0.05) is 24.3 Å². The van der Waals surface area contributed by atoms with Crippen molar-refractivity contribution in [3.05, 3.63) is 91.4 Å². The number of carbonyl (C=O) groups excluding carboxylic acids is 1. The number of rotatable bonds is 4. The second-order valence-corrected chi connectivity index (χ2v) is 8.33. The number of halogens is 1. The zero-order chi connectivity index (χ0) is 22.1. The van der Waals surface area contributed by atoms with Crippen LogP contribution in [0.5, 0.6) is 5.75 Å². The Kier molecular flexibility index (Phi) is 5.64. The molecule has 7 nitrogen and oxygen atoms in total. The number of hydrogen-bond donors (Lipinski definition) is 3. The number of benzene rings is 3. The molecule has 0 aliphatic carbocycles. The molecule has 0 aliphatic rings. The van der Waals surface area contributed by atoms with Crippen LogP contribution >= 0.6 is 22.6 Å². The molecule has 4 rings (SSSR count). The van der Waals surface area contributed by atoms with Crippen LogP contribution in [0.1, 0.15) is 28.5 Å². The second-order valence-electron chi connectivity index (χ2n) is 7.08. The van der Waals surface area contributed by atoms with E-state index in [4.69, 9.17) is 0 Å². The summed E-state index contributed by atoms with van der Waals surface area (Å²) in [7, 11) is 0. The molecule has 3 aromatic carbocycles. The molecule has 156 valence electrons. The zero-order valence-corrected chi connectivity index (χ0v) is 19.0. The topological polar surface area (TPSA) is 99.5 Å². The van der Waals surface area contributed by atoms with E-state index < -0.39 is 5.91 Å². The third kappa shape index (κ3) is 4.11. The van der Waals surface area contributed by atoms with E-state index in [9.17, 15) is 14.7 Å². The maximum atomic E-state index is 12.9. The van der Waals surface area contributed by atoms with Gasteiger partial charge < -0.3 is 5.11 Å². The molecule has 0 radical (unpaired) electrons. The number of nitrogens with one attached hydrogen (secondary N) is 2. The number of H-pyrrole nitrogens is 1. The minimum atomic E-state index is -0.561. The molecule has 0 spiro atoms. The molecule has 3 N–H and O–H groups in total. The molecule has 0 atom stereocenters. The van der Waals surface area contributed by atoms with Crippen molar-refractivity contribution in [1.82, 2.24) is 15.2 Å². The van der Waals surface area contributed by atoms with Gasteiger partial charge in [0.2, 0.25) is 0 Å². The molecular weight excluding hydrogens is 507 g/mol. The van der Waals surface area contributed by atoms with Crippen LogP contribution in [0.25, 0.3) is 16.5 Å². The summed E-state index contributed by atoms with van der Waals surface area (Å²) in [6.07, 6.45) is 0. The Balaban J connectivity index is 1.62. The van der Waals surface area contributed by atoms with Gasteiger partial charge in [0.15, 0.2) is 0 Å². The fourth-order valence-electron chi connectivity index (χ4n) is 3.41. The SMILES string of the molecule is CC(=NNC(=O)c1cc2ccccc2cc1O)c1c(C)[nH]n(-c2ccc(I)cc2)c1=O. The second kappa shape index (κ2) is 8.38.